The van der Waals surface area contributed by atoms with Gasteiger partial charge in [0.1, 0.15) is 0 Å². The zero-order valence-electron chi connectivity index (χ0n) is 12.1. The van der Waals surface area contributed by atoms with Gasteiger partial charge in [-0.05, 0) is 26.0 Å². The first kappa shape index (κ1) is 16.6. The van der Waals surface area contributed by atoms with Gasteiger partial charge in [-0.3, -0.25) is 0 Å². The van der Waals surface area contributed by atoms with Gasteiger partial charge in [-0.2, -0.15) is 0 Å². The molecule has 1 aromatic heterocycles. The van der Waals surface area contributed by atoms with Gasteiger partial charge in [0.25, 0.3) is 0 Å². The first-order chi connectivity index (χ1) is 8.94. The molecule has 1 atom stereocenters. The Morgan fingerprint density at radius 1 is 1.32 bits per heavy atom. The van der Waals surface area contributed by atoms with E-state index in [4.69, 9.17) is 0 Å². The van der Waals surface area contributed by atoms with Gasteiger partial charge < -0.3 is 5.32 Å². The van der Waals surface area contributed by atoms with Crippen LogP contribution in [0.3, 0.4) is 0 Å². The lowest BCUT2D eigenvalue weighted by Crippen LogP contribution is -2.37. The molecule has 0 amide bonds. The predicted octanol–water partition coefficient (Wildman–Crippen LogP) is 2.57. The van der Waals surface area contributed by atoms with Gasteiger partial charge >= 0.3 is 0 Å². The van der Waals surface area contributed by atoms with Gasteiger partial charge in [0, 0.05) is 22.8 Å². The molecule has 6 heteroatoms. The Kier molecular flexibility index (Phi) is 6.46. The number of nitrogens with one attached hydrogen (secondary N) is 2. The zero-order valence-corrected chi connectivity index (χ0v) is 13.7. The van der Waals surface area contributed by atoms with Crippen molar-refractivity contribution in [1.82, 2.24) is 10.0 Å². The molecule has 1 heterocycles. The van der Waals surface area contributed by atoms with Crippen LogP contribution < -0.4 is 10.0 Å². The van der Waals surface area contributed by atoms with Crippen LogP contribution >= 0.6 is 11.3 Å². The van der Waals surface area contributed by atoms with Gasteiger partial charge in [0.15, 0.2) is 0 Å². The minimum absolute atomic E-state index is 0.0346. The van der Waals surface area contributed by atoms with Crippen molar-refractivity contribution in [1.29, 1.82) is 0 Å². The molecule has 4 nitrogen and oxygen atoms in total. The summed E-state index contributed by atoms with van der Waals surface area (Å²) in [4.78, 5) is 1.40. The highest BCUT2D eigenvalue weighted by atomic mass is 32.2. The van der Waals surface area contributed by atoms with Crippen molar-refractivity contribution in [2.75, 3.05) is 7.05 Å². The maximum absolute atomic E-state index is 12.3. The molecule has 0 saturated carbocycles. The highest BCUT2D eigenvalue weighted by molar-refractivity contribution is 7.89. The molecule has 19 heavy (non-hydrogen) atoms. The molecule has 0 aliphatic rings. The summed E-state index contributed by atoms with van der Waals surface area (Å²) < 4.78 is 27.3. The molecule has 0 fully saturated rings. The quantitative estimate of drug-likeness (QED) is 0.776. The first-order valence-electron chi connectivity index (χ1n) is 6.68. The normalized spacial score (nSPS) is 13.9. The van der Waals surface area contributed by atoms with E-state index >= 15 is 0 Å². The molecule has 0 saturated heterocycles. The molecule has 0 aliphatic carbocycles. The molecule has 1 rings (SSSR count). The topological polar surface area (TPSA) is 58.2 Å². The third-order valence-electron chi connectivity index (χ3n) is 3.39. The van der Waals surface area contributed by atoms with Crippen LogP contribution in [0.2, 0.25) is 0 Å². The summed E-state index contributed by atoms with van der Waals surface area (Å²) in [5, 5.41) is 4.72. The van der Waals surface area contributed by atoms with Gasteiger partial charge in [-0.1, -0.05) is 26.7 Å². The van der Waals surface area contributed by atoms with Crippen molar-refractivity contribution in [3.63, 3.8) is 0 Å². The molecular weight excluding hydrogens is 280 g/mol. The van der Waals surface area contributed by atoms with Crippen molar-refractivity contribution in [2.45, 2.75) is 51.1 Å². The third-order valence-corrected chi connectivity index (χ3v) is 6.01. The monoisotopic (exact) mass is 304 g/mol. The predicted molar refractivity (Wildman–Crippen MR) is 80.9 cm³/mol. The number of hydrogen-bond acceptors (Lipinski definition) is 4. The number of sulfonamides is 1. The number of rotatable bonds is 8. The van der Waals surface area contributed by atoms with Crippen molar-refractivity contribution in [2.24, 2.45) is 5.92 Å². The molecule has 2 N–H and O–H groups in total. The fraction of sp³-hybridized carbons (Fsp3) is 0.692. The summed E-state index contributed by atoms with van der Waals surface area (Å²) in [7, 11) is -1.54. The second kappa shape index (κ2) is 7.38. The highest BCUT2D eigenvalue weighted by Gasteiger charge is 2.22. The Bertz CT molecular complexity index is 479. The van der Waals surface area contributed by atoms with E-state index in [1.807, 2.05) is 14.0 Å². The maximum Gasteiger partial charge on any atom is 0.241 e. The van der Waals surface area contributed by atoms with E-state index in [9.17, 15) is 8.42 Å². The fourth-order valence-corrected chi connectivity index (χ4v) is 4.77. The third kappa shape index (κ3) is 4.56. The highest BCUT2D eigenvalue weighted by Crippen LogP contribution is 2.21. The molecule has 110 valence electrons. The molecular formula is C13H24N2O2S2. The Balaban J connectivity index is 2.79. The van der Waals surface area contributed by atoms with E-state index in [1.165, 1.54) is 11.3 Å². The summed E-state index contributed by atoms with van der Waals surface area (Å²) in [6.07, 6.45) is 1.96. The van der Waals surface area contributed by atoms with Crippen molar-refractivity contribution in [3.05, 3.63) is 16.3 Å². The standard InChI is InChI=1S/C13H24N2O2S2/c1-5-11(6-2)10(3)15-19(16,17)13-7-12(8-14-4)18-9-13/h7,9-11,14-15H,5-6,8H2,1-4H3. The first-order valence-corrected chi connectivity index (χ1v) is 9.05. The van der Waals surface area contributed by atoms with E-state index in [1.54, 1.807) is 11.4 Å². The minimum Gasteiger partial charge on any atom is -0.315 e. The summed E-state index contributed by atoms with van der Waals surface area (Å²) in [5.41, 5.74) is 0. The molecule has 0 aliphatic heterocycles. The van der Waals surface area contributed by atoms with Gasteiger partial charge in [0.05, 0.1) is 4.90 Å². The second-order valence-corrected chi connectivity index (χ2v) is 7.48. The van der Waals surface area contributed by atoms with Gasteiger partial charge in [0.2, 0.25) is 10.0 Å². The zero-order chi connectivity index (χ0) is 14.5. The summed E-state index contributed by atoms with van der Waals surface area (Å²) in [6.45, 7) is 6.82. The average Bonchev–Trinajstić information content (AvgIpc) is 2.80. The smallest absolute Gasteiger partial charge is 0.241 e. The van der Waals surface area contributed by atoms with Gasteiger partial charge in [-0.15, -0.1) is 11.3 Å². The van der Waals surface area contributed by atoms with Crippen LogP contribution in [-0.2, 0) is 16.6 Å². The molecule has 1 aromatic rings. The lowest BCUT2D eigenvalue weighted by molar-refractivity contribution is 0.391. The Morgan fingerprint density at radius 2 is 1.95 bits per heavy atom. The van der Waals surface area contributed by atoms with Crippen LogP contribution in [0.25, 0.3) is 0 Å². The van der Waals surface area contributed by atoms with E-state index in [0.29, 0.717) is 17.4 Å². The van der Waals surface area contributed by atoms with E-state index < -0.39 is 10.0 Å². The second-order valence-electron chi connectivity index (χ2n) is 4.77. The average molecular weight is 304 g/mol. The SMILES string of the molecule is CCC(CC)C(C)NS(=O)(=O)c1csc(CNC)c1. The minimum atomic E-state index is -3.39. The maximum atomic E-state index is 12.3. The summed E-state index contributed by atoms with van der Waals surface area (Å²) >= 11 is 1.47. The molecule has 0 aromatic carbocycles. The lowest BCUT2D eigenvalue weighted by Gasteiger charge is -2.22. The molecule has 0 radical (unpaired) electrons. The summed E-state index contributed by atoms with van der Waals surface area (Å²) in [5.74, 6) is 0.380. The molecule has 1 unspecified atom stereocenters. The van der Waals surface area contributed by atoms with E-state index in [-0.39, 0.29) is 6.04 Å². The summed E-state index contributed by atoms with van der Waals surface area (Å²) in [6, 6.07) is 1.70. The Hall–Kier alpha value is -0.430. The van der Waals surface area contributed by atoms with Crippen molar-refractivity contribution >= 4 is 21.4 Å². The van der Waals surface area contributed by atoms with Gasteiger partial charge in [-0.25, -0.2) is 13.1 Å². The van der Waals surface area contributed by atoms with Crippen LogP contribution in [0.5, 0.6) is 0 Å². The Morgan fingerprint density at radius 3 is 2.47 bits per heavy atom. The largest absolute Gasteiger partial charge is 0.315 e. The number of hydrogen-bond donors (Lipinski definition) is 2. The van der Waals surface area contributed by atoms with Crippen LogP contribution in [0.15, 0.2) is 16.3 Å². The van der Waals surface area contributed by atoms with Crippen molar-refractivity contribution in [3.8, 4) is 0 Å². The fourth-order valence-electron chi connectivity index (χ4n) is 2.17. The number of thiophene rings is 1. The van der Waals surface area contributed by atoms with E-state index in [2.05, 4.69) is 23.9 Å². The lowest BCUT2D eigenvalue weighted by atomic mass is 9.96. The molecule has 0 spiro atoms. The Labute approximate surface area is 120 Å². The van der Waals surface area contributed by atoms with Crippen molar-refractivity contribution < 1.29 is 8.42 Å². The van der Waals surface area contributed by atoms with Crippen LogP contribution in [-0.4, -0.2) is 21.5 Å². The molecule has 0 bridgehead atoms. The van der Waals surface area contributed by atoms with Crippen LogP contribution in [0.1, 0.15) is 38.5 Å². The van der Waals surface area contributed by atoms with Crippen LogP contribution in [0, 0.1) is 5.92 Å². The van der Waals surface area contributed by atoms with E-state index in [0.717, 1.165) is 17.7 Å². The van der Waals surface area contributed by atoms with Crippen LogP contribution in [0.4, 0.5) is 0 Å².